The molecule has 0 unspecified atom stereocenters. The Morgan fingerprint density at radius 2 is 1.76 bits per heavy atom. The molecule has 1 aliphatic carbocycles. The monoisotopic (exact) mass is 240 g/mol. The van der Waals surface area contributed by atoms with Crippen molar-refractivity contribution in [1.82, 2.24) is 0 Å². The molecule has 0 bridgehead atoms. The van der Waals surface area contributed by atoms with E-state index in [1.54, 1.807) is 0 Å². The summed E-state index contributed by atoms with van der Waals surface area (Å²) in [6, 6.07) is 0. The summed E-state index contributed by atoms with van der Waals surface area (Å²) in [5.74, 6) is 1.40. The van der Waals surface area contributed by atoms with Crippen LogP contribution in [0.5, 0.6) is 0 Å². The Kier molecular flexibility index (Phi) is 5.48. The van der Waals surface area contributed by atoms with Gasteiger partial charge in [0, 0.05) is 6.42 Å². The fraction of sp³-hybridized carbons (Fsp3) is 0.933. The Bertz CT molecular complexity index is 237. The van der Waals surface area contributed by atoms with E-state index in [1.165, 1.54) is 32.1 Å². The van der Waals surface area contributed by atoms with Crippen LogP contribution in [0.25, 0.3) is 0 Å². The van der Waals surface area contributed by atoms with E-state index in [1.807, 2.05) is 6.92 Å². The summed E-state index contributed by atoms with van der Waals surface area (Å²) in [7, 11) is 0. The summed E-state index contributed by atoms with van der Waals surface area (Å²) < 4.78 is 5.02. The number of rotatable bonds is 5. The van der Waals surface area contributed by atoms with Crippen molar-refractivity contribution in [3.8, 4) is 0 Å². The first-order chi connectivity index (χ1) is 7.99. The summed E-state index contributed by atoms with van der Waals surface area (Å²) in [6.45, 7) is 9.42. The van der Waals surface area contributed by atoms with Crippen molar-refractivity contribution in [2.75, 3.05) is 6.61 Å². The van der Waals surface area contributed by atoms with Crippen LogP contribution in [-0.4, -0.2) is 12.6 Å². The molecule has 0 saturated heterocycles. The predicted molar refractivity (Wildman–Crippen MR) is 70.8 cm³/mol. The maximum atomic E-state index is 11.4. The van der Waals surface area contributed by atoms with E-state index in [4.69, 9.17) is 4.74 Å². The van der Waals surface area contributed by atoms with Crippen LogP contribution in [0, 0.1) is 17.3 Å². The Hall–Kier alpha value is -0.530. The minimum Gasteiger partial charge on any atom is -0.466 e. The van der Waals surface area contributed by atoms with E-state index in [0.717, 1.165) is 5.92 Å². The molecular weight excluding hydrogens is 212 g/mol. The molecule has 2 nitrogen and oxygen atoms in total. The number of hydrogen-bond acceptors (Lipinski definition) is 2. The van der Waals surface area contributed by atoms with Gasteiger partial charge >= 0.3 is 5.97 Å². The van der Waals surface area contributed by atoms with Gasteiger partial charge in [-0.15, -0.1) is 0 Å². The lowest BCUT2D eigenvalue weighted by atomic mass is 9.67. The van der Waals surface area contributed by atoms with Crippen molar-refractivity contribution in [3.63, 3.8) is 0 Å². The first-order valence-corrected chi connectivity index (χ1v) is 7.15. The molecule has 0 aromatic heterocycles. The standard InChI is InChI=1S/C15H28O2/c1-5-15(3,4)13-9-7-12(8-10-13)11-14(16)17-6-2/h12-13H,5-11H2,1-4H3. The highest BCUT2D eigenvalue weighted by molar-refractivity contribution is 5.69. The quantitative estimate of drug-likeness (QED) is 0.674. The van der Waals surface area contributed by atoms with Gasteiger partial charge in [-0.05, 0) is 49.9 Å². The van der Waals surface area contributed by atoms with E-state index < -0.39 is 0 Å². The van der Waals surface area contributed by atoms with Crippen molar-refractivity contribution >= 4 is 5.97 Å². The van der Waals surface area contributed by atoms with Crippen molar-refractivity contribution in [1.29, 1.82) is 0 Å². The van der Waals surface area contributed by atoms with Gasteiger partial charge in [0.05, 0.1) is 6.61 Å². The first-order valence-electron chi connectivity index (χ1n) is 7.15. The maximum Gasteiger partial charge on any atom is 0.306 e. The molecule has 0 spiro atoms. The maximum absolute atomic E-state index is 11.4. The number of hydrogen-bond donors (Lipinski definition) is 0. The topological polar surface area (TPSA) is 26.3 Å². The SMILES string of the molecule is CCOC(=O)CC1CCC(C(C)(C)CC)CC1. The lowest BCUT2D eigenvalue weighted by molar-refractivity contribution is -0.144. The molecule has 0 aromatic rings. The van der Waals surface area contributed by atoms with Crippen LogP contribution in [-0.2, 0) is 9.53 Å². The van der Waals surface area contributed by atoms with Crippen LogP contribution in [0.4, 0.5) is 0 Å². The second kappa shape index (κ2) is 6.42. The van der Waals surface area contributed by atoms with Crippen molar-refractivity contribution in [3.05, 3.63) is 0 Å². The molecule has 0 aromatic carbocycles. The highest BCUT2D eigenvalue weighted by Gasteiger charge is 2.32. The number of ether oxygens (including phenoxy) is 1. The molecule has 1 saturated carbocycles. The Morgan fingerprint density at radius 1 is 1.18 bits per heavy atom. The van der Waals surface area contributed by atoms with Crippen molar-refractivity contribution in [2.24, 2.45) is 17.3 Å². The van der Waals surface area contributed by atoms with Crippen LogP contribution < -0.4 is 0 Å². The summed E-state index contributed by atoms with van der Waals surface area (Å²) in [6.07, 6.45) is 6.85. The van der Waals surface area contributed by atoms with E-state index in [2.05, 4.69) is 20.8 Å². The summed E-state index contributed by atoms with van der Waals surface area (Å²) in [5, 5.41) is 0. The number of esters is 1. The number of carbonyl (C=O) groups excluding carboxylic acids is 1. The zero-order valence-corrected chi connectivity index (χ0v) is 11.9. The van der Waals surface area contributed by atoms with Crippen LogP contribution in [0.15, 0.2) is 0 Å². The van der Waals surface area contributed by atoms with Crippen molar-refractivity contribution in [2.45, 2.75) is 66.2 Å². The highest BCUT2D eigenvalue weighted by Crippen LogP contribution is 2.42. The minimum absolute atomic E-state index is 0.00861. The third-order valence-electron chi connectivity index (χ3n) is 4.62. The molecule has 0 atom stereocenters. The fourth-order valence-electron chi connectivity index (χ4n) is 2.89. The fourth-order valence-corrected chi connectivity index (χ4v) is 2.89. The van der Waals surface area contributed by atoms with Gasteiger partial charge in [-0.3, -0.25) is 4.79 Å². The summed E-state index contributed by atoms with van der Waals surface area (Å²) in [4.78, 5) is 11.4. The minimum atomic E-state index is -0.00861. The zero-order valence-electron chi connectivity index (χ0n) is 11.9. The molecule has 0 aliphatic heterocycles. The normalized spacial score (nSPS) is 25.6. The third kappa shape index (κ3) is 4.33. The molecule has 0 amide bonds. The Labute approximate surface area is 106 Å². The zero-order chi connectivity index (χ0) is 12.9. The molecule has 1 fully saturated rings. The molecule has 1 aliphatic rings. The summed E-state index contributed by atoms with van der Waals surface area (Å²) in [5.41, 5.74) is 0.467. The molecule has 0 heterocycles. The lowest BCUT2D eigenvalue weighted by Gasteiger charge is -2.38. The molecular formula is C15H28O2. The second-order valence-electron chi connectivity index (χ2n) is 6.07. The van der Waals surface area contributed by atoms with Gasteiger partial charge in [0.1, 0.15) is 0 Å². The molecule has 17 heavy (non-hydrogen) atoms. The van der Waals surface area contributed by atoms with E-state index in [-0.39, 0.29) is 5.97 Å². The van der Waals surface area contributed by atoms with Crippen molar-refractivity contribution < 1.29 is 9.53 Å². The van der Waals surface area contributed by atoms with E-state index in [9.17, 15) is 4.79 Å². The Balaban J connectivity index is 2.33. The molecule has 0 N–H and O–H groups in total. The van der Waals surface area contributed by atoms with Gasteiger partial charge in [-0.1, -0.05) is 27.2 Å². The van der Waals surface area contributed by atoms with Gasteiger partial charge in [0.25, 0.3) is 0 Å². The van der Waals surface area contributed by atoms with Gasteiger partial charge in [-0.25, -0.2) is 0 Å². The highest BCUT2D eigenvalue weighted by atomic mass is 16.5. The third-order valence-corrected chi connectivity index (χ3v) is 4.62. The average Bonchev–Trinajstić information content (AvgIpc) is 2.30. The number of carbonyl (C=O) groups is 1. The lowest BCUT2D eigenvalue weighted by Crippen LogP contribution is -2.28. The molecule has 1 rings (SSSR count). The first kappa shape index (κ1) is 14.5. The predicted octanol–water partition coefficient (Wildman–Crippen LogP) is 4.18. The van der Waals surface area contributed by atoms with Gasteiger partial charge in [-0.2, -0.15) is 0 Å². The molecule has 2 heteroatoms. The van der Waals surface area contributed by atoms with Crippen LogP contribution >= 0.6 is 0 Å². The van der Waals surface area contributed by atoms with Gasteiger partial charge in [0.2, 0.25) is 0 Å². The molecule has 100 valence electrons. The average molecular weight is 240 g/mol. The smallest absolute Gasteiger partial charge is 0.306 e. The van der Waals surface area contributed by atoms with Crippen LogP contribution in [0.3, 0.4) is 0 Å². The van der Waals surface area contributed by atoms with E-state index in [0.29, 0.717) is 24.4 Å². The summed E-state index contributed by atoms with van der Waals surface area (Å²) >= 11 is 0. The van der Waals surface area contributed by atoms with E-state index >= 15 is 0 Å². The van der Waals surface area contributed by atoms with Crippen LogP contribution in [0.1, 0.15) is 66.2 Å². The van der Waals surface area contributed by atoms with Gasteiger partial charge in [0.15, 0.2) is 0 Å². The molecule has 0 radical (unpaired) electrons. The second-order valence-corrected chi connectivity index (χ2v) is 6.07. The van der Waals surface area contributed by atoms with Crippen LogP contribution in [0.2, 0.25) is 0 Å². The van der Waals surface area contributed by atoms with Gasteiger partial charge < -0.3 is 4.74 Å². The largest absolute Gasteiger partial charge is 0.466 e. The Morgan fingerprint density at radius 3 is 2.24 bits per heavy atom.